The van der Waals surface area contributed by atoms with Crippen LogP contribution >= 0.6 is 0 Å². The highest BCUT2D eigenvalue weighted by molar-refractivity contribution is 5.92. The molecule has 1 aromatic carbocycles. The van der Waals surface area contributed by atoms with Gasteiger partial charge in [0.05, 0.1) is 17.6 Å². The van der Waals surface area contributed by atoms with Crippen LogP contribution in [0.4, 0.5) is 18.9 Å². The molecule has 0 amide bonds. The third-order valence-corrected chi connectivity index (χ3v) is 4.85. The minimum atomic E-state index is -4.47. The van der Waals surface area contributed by atoms with Crippen LogP contribution in [0.5, 0.6) is 0 Å². The number of aromatic nitrogens is 3. The van der Waals surface area contributed by atoms with Gasteiger partial charge >= 0.3 is 6.18 Å². The van der Waals surface area contributed by atoms with Crippen molar-refractivity contribution in [3.8, 4) is 0 Å². The summed E-state index contributed by atoms with van der Waals surface area (Å²) in [6.45, 7) is 0.944. The molecule has 1 aliphatic rings. The summed E-state index contributed by atoms with van der Waals surface area (Å²) in [6.07, 6.45) is -2.62. The molecule has 152 valence electrons. The lowest BCUT2D eigenvalue weighted by Crippen LogP contribution is -2.21. The Kier molecular flexibility index (Phi) is 5.23. The fourth-order valence-electron chi connectivity index (χ4n) is 3.40. The lowest BCUT2D eigenvalue weighted by molar-refractivity contribution is -0.141. The number of anilines is 1. The number of benzene rings is 1. The second kappa shape index (κ2) is 7.82. The van der Waals surface area contributed by atoms with Gasteiger partial charge in [-0.05, 0) is 24.3 Å². The van der Waals surface area contributed by atoms with Crippen LogP contribution in [-0.2, 0) is 12.6 Å². The van der Waals surface area contributed by atoms with E-state index in [0.717, 1.165) is 34.8 Å². The number of rotatable bonds is 5. The molecule has 9 heteroatoms. The number of aliphatic hydroxyl groups is 1. The zero-order valence-electron chi connectivity index (χ0n) is 15.5. The molecule has 6 nitrogen and oxygen atoms in total. The molecule has 0 radical (unpaired) electrons. The van der Waals surface area contributed by atoms with Crippen molar-refractivity contribution in [2.24, 2.45) is 4.99 Å². The van der Waals surface area contributed by atoms with Crippen molar-refractivity contribution in [2.45, 2.75) is 31.7 Å². The number of alkyl halides is 3. The van der Waals surface area contributed by atoms with Crippen LogP contribution in [0.15, 0.2) is 47.6 Å². The summed E-state index contributed by atoms with van der Waals surface area (Å²) in [5, 5.41) is 10.2. The summed E-state index contributed by atoms with van der Waals surface area (Å²) in [7, 11) is 0. The molecule has 1 unspecified atom stereocenters. The number of aliphatic imine (C=N–C) groups is 1. The van der Waals surface area contributed by atoms with E-state index in [1.807, 2.05) is 29.2 Å². The number of para-hydroxylation sites is 2. The monoisotopic (exact) mass is 403 g/mol. The van der Waals surface area contributed by atoms with Gasteiger partial charge < -0.3 is 15.0 Å². The smallest absolute Gasteiger partial charge is 0.372 e. The van der Waals surface area contributed by atoms with Crippen LogP contribution in [0.3, 0.4) is 0 Å². The number of H-pyrrole nitrogens is 1. The lowest BCUT2D eigenvalue weighted by atomic mass is 10.2. The van der Waals surface area contributed by atoms with E-state index < -0.39 is 18.1 Å². The second-order valence-corrected chi connectivity index (χ2v) is 6.98. The molecule has 4 rings (SSSR count). The van der Waals surface area contributed by atoms with Crippen LogP contribution in [0.25, 0.3) is 11.0 Å². The summed E-state index contributed by atoms with van der Waals surface area (Å²) in [6, 6.07) is 10.3. The summed E-state index contributed by atoms with van der Waals surface area (Å²) >= 11 is 0. The summed E-state index contributed by atoms with van der Waals surface area (Å²) < 4.78 is 38.6. The first kappa shape index (κ1) is 19.4. The normalized spacial score (nSPS) is 17.4. The molecular weight excluding hydrogens is 383 g/mol. The van der Waals surface area contributed by atoms with Crippen molar-refractivity contribution in [3.63, 3.8) is 0 Å². The molecule has 3 aromatic rings. The first-order chi connectivity index (χ1) is 13.9. The van der Waals surface area contributed by atoms with Crippen LogP contribution < -0.4 is 4.90 Å². The van der Waals surface area contributed by atoms with Gasteiger partial charge in [-0.3, -0.25) is 9.98 Å². The third-order valence-electron chi connectivity index (χ3n) is 4.85. The van der Waals surface area contributed by atoms with Gasteiger partial charge in [0.2, 0.25) is 0 Å². The molecular formula is C20H20F3N5O. The number of aliphatic hydroxyl groups excluding tert-OH is 1. The Hall–Kier alpha value is -2.94. The van der Waals surface area contributed by atoms with E-state index in [2.05, 4.69) is 19.9 Å². The van der Waals surface area contributed by atoms with Gasteiger partial charge in [0.25, 0.3) is 0 Å². The molecule has 0 bridgehead atoms. The Bertz CT molecular complexity index is 997. The number of imidazole rings is 1. The maximum atomic E-state index is 12.9. The van der Waals surface area contributed by atoms with E-state index in [1.165, 1.54) is 0 Å². The third kappa shape index (κ3) is 4.56. The van der Waals surface area contributed by atoms with Crippen molar-refractivity contribution in [2.75, 3.05) is 18.0 Å². The van der Waals surface area contributed by atoms with E-state index in [1.54, 1.807) is 6.07 Å². The van der Waals surface area contributed by atoms with Gasteiger partial charge in [-0.2, -0.15) is 13.2 Å². The molecule has 29 heavy (non-hydrogen) atoms. The molecule has 0 saturated carbocycles. The highest BCUT2D eigenvalue weighted by Gasteiger charge is 2.33. The first-order valence-electron chi connectivity index (χ1n) is 9.34. The van der Waals surface area contributed by atoms with Crippen molar-refractivity contribution in [3.05, 3.63) is 54.1 Å². The van der Waals surface area contributed by atoms with Crippen molar-refractivity contribution >= 4 is 22.4 Å². The van der Waals surface area contributed by atoms with Crippen molar-refractivity contribution in [1.29, 1.82) is 0 Å². The molecule has 1 saturated heterocycles. The maximum Gasteiger partial charge on any atom is 0.433 e. The van der Waals surface area contributed by atoms with Gasteiger partial charge in [-0.1, -0.05) is 12.1 Å². The molecule has 1 fully saturated rings. The molecule has 0 spiro atoms. The zero-order chi connectivity index (χ0) is 20.4. The largest absolute Gasteiger partial charge is 0.433 e. The van der Waals surface area contributed by atoms with Crippen LogP contribution in [0, 0.1) is 0 Å². The molecule has 0 aliphatic carbocycles. The predicted octanol–water partition coefficient (Wildman–Crippen LogP) is 3.58. The number of fused-ring (bicyclic) bond motifs is 1. The van der Waals surface area contributed by atoms with Crippen LogP contribution in [-0.4, -0.2) is 45.1 Å². The van der Waals surface area contributed by atoms with Gasteiger partial charge in [0.1, 0.15) is 17.7 Å². The zero-order valence-corrected chi connectivity index (χ0v) is 15.5. The number of aromatic amines is 1. The Morgan fingerprint density at radius 2 is 2.07 bits per heavy atom. The second-order valence-electron chi connectivity index (χ2n) is 6.98. The molecule has 3 heterocycles. The number of nitrogens with one attached hydrogen (secondary N) is 1. The van der Waals surface area contributed by atoms with Gasteiger partial charge in [-0.25, -0.2) is 4.98 Å². The average Bonchev–Trinajstić information content (AvgIpc) is 3.32. The van der Waals surface area contributed by atoms with E-state index in [-0.39, 0.29) is 0 Å². The summed E-state index contributed by atoms with van der Waals surface area (Å²) in [5.41, 5.74) is 2.14. The molecule has 1 atom stereocenters. The van der Waals surface area contributed by atoms with Crippen molar-refractivity contribution < 1.29 is 18.3 Å². The van der Waals surface area contributed by atoms with Crippen molar-refractivity contribution in [1.82, 2.24) is 15.0 Å². The Morgan fingerprint density at radius 1 is 1.24 bits per heavy atom. The van der Waals surface area contributed by atoms with E-state index >= 15 is 0 Å². The van der Waals surface area contributed by atoms with Gasteiger partial charge in [0.15, 0.2) is 0 Å². The maximum absolute atomic E-state index is 12.9. The fourth-order valence-corrected chi connectivity index (χ4v) is 3.40. The number of nitrogens with zero attached hydrogens (tertiary/aromatic N) is 4. The number of halogens is 3. The average molecular weight is 403 g/mol. The highest BCUT2D eigenvalue weighted by atomic mass is 19.4. The quantitative estimate of drug-likeness (QED) is 0.683. The molecule has 1 aliphatic heterocycles. The van der Waals surface area contributed by atoms with E-state index in [0.29, 0.717) is 38.0 Å². The highest BCUT2D eigenvalue weighted by Crippen LogP contribution is 2.30. The van der Waals surface area contributed by atoms with E-state index in [4.69, 9.17) is 0 Å². The first-order valence-corrected chi connectivity index (χ1v) is 9.34. The van der Waals surface area contributed by atoms with Gasteiger partial charge in [-0.15, -0.1) is 0 Å². The summed E-state index contributed by atoms with van der Waals surface area (Å²) in [4.78, 5) is 17.2. The topological polar surface area (TPSA) is 77.4 Å². The van der Waals surface area contributed by atoms with Gasteiger partial charge in [0, 0.05) is 43.4 Å². The van der Waals surface area contributed by atoms with Crippen LogP contribution in [0.1, 0.15) is 24.4 Å². The van der Waals surface area contributed by atoms with E-state index in [9.17, 15) is 18.3 Å². The standard InChI is InChI=1S/C20H20F3N5O/c21-20(22,23)17-11-14(7-9-24-17)28-10-8-13(12-28)25-19(29)6-5-18-26-15-3-1-2-4-16(15)27-18/h1-4,7,9,11,19,29H,5-6,8,10,12H2,(H,26,27). The number of aryl methyl sites for hydroxylation is 1. The Labute approximate surface area is 165 Å². The number of hydrogen-bond donors (Lipinski definition) is 2. The Morgan fingerprint density at radius 3 is 2.86 bits per heavy atom. The minimum Gasteiger partial charge on any atom is -0.372 e. The SMILES string of the molecule is OC(CCc1nc2ccccc2[nH]1)N=C1CCN(c2ccnc(C(F)(F)F)c2)C1. The fraction of sp³-hybridized carbons (Fsp3) is 0.350. The summed E-state index contributed by atoms with van der Waals surface area (Å²) in [5.74, 6) is 0.787. The van der Waals surface area contributed by atoms with Crippen LogP contribution in [0.2, 0.25) is 0 Å². The minimum absolute atomic E-state index is 0.392. The lowest BCUT2D eigenvalue weighted by Gasteiger charge is -2.18. The molecule has 2 N–H and O–H groups in total. The Balaban J connectivity index is 1.35. The predicted molar refractivity (Wildman–Crippen MR) is 104 cm³/mol. The number of hydrogen-bond acceptors (Lipinski definition) is 5. The molecule has 2 aromatic heterocycles. The number of pyridine rings is 1.